The molecule has 19 heavy (non-hydrogen) atoms. The van der Waals surface area contributed by atoms with Crippen LogP contribution in [0.5, 0.6) is 5.75 Å². The van der Waals surface area contributed by atoms with E-state index in [1.54, 1.807) is 19.2 Å². The summed E-state index contributed by atoms with van der Waals surface area (Å²) in [6.07, 6.45) is 0.492. The van der Waals surface area contributed by atoms with Crippen LogP contribution in [0.2, 0.25) is 0 Å². The van der Waals surface area contributed by atoms with E-state index in [2.05, 4.69) is 0 Å². The van der Waals surface area contributed by atoms with Crippen molar-refractivity contribution in [3.63, 3.8) is 0 Å². The molecule has 0 unspecified atom stereocenters. The topological polar surface area (TPSA) is 72.8 Å². The average molecular weight is 266 g/mol. The molecule has 0 radical (unpaired) electrons. The van der Waals surface area contributed by atoms with Crippen molar-refractivity contribution in [2.75, 3.05) is 13.7 Å². The normalized spacial score (nSPS) is 11.7. The summed E-state index contributed by atoms with van der Waals surface area (Å²) in [7, 11) is 1.57. The molecule has 0 saturated carbocycles. The van der Waals surface area contributed by atoms with Gasteiger partial charge in [0.05, 0.1) is 20.1 Å². The van der Waals surface area contributed by atoms with E-state index in [0.717, 1.165) is 11.3 Å². The number of carbonyl (C=O) groups excluding carboxylic acids is 1. The third kappa shape index (κ3) is 5.42. The Morgan fingerprint density at radius 3 is 2.37 bits per heavy atom. The van der Waals surface area contributed by atoms with E-state index in [1.165, 1.54) is 6.92 Å². The van der Waals surface area contributed by atoms with Gasteiger partial charge in [-0.05, 0) is 30.0 Å². The maximum absolute atomic E-state index is 10.9. The molecule has 1 N–H and O–H groups in total. The van der Waals surface area contributed by atoms with Crippen LogP contribution in [0.15, 0.2) is 24.3 Å². The second kappa shape index (κ2) is 7.41. The Hall–Kier alpha value is -2.04. The molecule has 0 aliphatic rings. The minimum absolute atomic E-state index is 0.00753. The van der Waals surface area contributed by atoms with Gasteiger partial charge in [0.25, 0.3) is 0 Å². The highest BCUT2D eigenvalue weighted by Gasteiger charge is 2.16. The fourth-order valence-corrected chi connectivity index (χ4v) is 1.82. The highest BCUT2D eigenvalue weighted by Crippen LogP contribution is 2.25. The van der Waals surface area contributed by atoms with Gasteiger partial charge in [0.15, 0.2) is 0 Å². The van der Waals surface area contributed by atoms with Crippen molar-refractivity contribution < 1.29 is 24.2 Å². The molecular weight excluding hydrogens is 248 g/mol. The predicted octanol–water partition coefficient (Wildman–Crippen LogP) is 2.21. The summed E-state index contributed by atoms with van der Waals surface area (Å²) in [5, 5.41) is 8.92. The zero-order valence-corrected chi connectivity index (χ0v) is 11.1. The van der Waals surface area contributed by atoms with Crippen LogP contribution in [0.25, 0.3) is 0 Å². The van der Waals surface area contributed by atoms with Crippen LogP contribution in [0.4, 0.5) is 0 Å². The number of methoxy groups -OCH3 is 1. The highest BCUT2D eigenvalue weighted by atomic mass is 16.5. The number of carboxylic acids is 1. The van der Waals surface area contributed by atoms with Gasteiger partial charge in [-0.25, -0.2) is 0 Å². The third-order valence-corrected chi connectivity index (χ3v) is 2.78. The van der Waals surface area contributed by atoms with Gasteiger partial charge >= 0.3 is 11.9 Å². The van der Waals surface area contributed by atoms with Gasteiger partial charge in [-0.2, -0.15) is 0 Å². The second-order valence-corrected chi connectivity index (χ2v) is 4.20. The monoisotopic (exact) mass is 266 g/mol. The molecule has 0 amide bonds. The molecule has 5 nitrogen and oxygen atoms in total. The van der Waals surface area contributed by atoms with Gasteiger partial charge in [-0.3, -0.25) is 9.59 Å². The molecule has 0 aliphatic carbocycles. The third-order valence-electron chi connectivity index (χ3n) is 2.78. The first kappa shape index (κ1) is 15.0. The molecule has 0 spiro atoms. The Morgan fingerprint density at radius 1 is 1.26 bits per heavy atom. The van der Waals surface area contributed by atoms with Crippen molar-refractivity contribution in [1.29, 1.82) is 0 Å². The van der Waals surface area contributed by atoms with Gasteiger partial charge in [-0.1, -0.05) is 12.1 Å². The maximum Gasteiger partial charge on any atom is 0.303 e. The zero-order valence-electron chi connectivity index (χ0n) is 11.1. The number of carbonyl (C=O) groups is 2. The number of rotatable bonds is 7. The van der Waals surface area contributed by atoms with Crippen molar-refractivity contribution >= 4 is 11.9 Å². The van der Waals surface area contributed by atoms with Crippen LogP contribution >= 0.6 is 0 Å². The molecule has 0 bridgehead atoms. The van der Waals surface area contributed by atoms with Crippen LogP contribution in [0.1, 0.15) is 31.2 Å². The molecule has 104 valence electrons. The van der Waals surface area contributed by atoms with Crippen LogP contribution in [-0.2, 0) is 14.3 Å². The standard InChI is InChI=1S/C14H18O5/c1-10(15)19-8-7-12(9-14(16)17)11-3-5-13(18-2)6-4-11/h3-6,12H,7-9H2,1-2H3,(H,16,17)/t12-/m1/s1. The predicted molar refractivity (Wildman–Crippen MR) is 69.2 cm³/mol. The number of esters is 1. The quantitative estimate of drug-likeness (QED) is 0.766. The molecule has 5 heteroatoms. The van der Waals surface area contributed by atoms with Crippen molar-refractivity contribution in [3.05, 3.63) is 29.8 Å². The van der Waals surface area contributed by atoms with E-state index in [4.69, 9.17) is 14.6 Å². The molecule has 1 rings (SSSR count). The average Bonchev–Trinajstić information content (AvgIpc) is 2.37. The lowest BCUT2D eigenvalue weighted by molar-refractivity contribution is -0.141. The van der Waals surface area contributed by atoms with Gasteiger partial charge in [0.1, 0.15) is 5.75 Å². The molecule has 0 aliphatic heterocycles. The molecule has 0 fully saturated rings. The summed E-state index contributed by atoms with van der Waals surface area (Å²) in [4.78, 5) is 21.6. The summed E-state index contributed by atoms with van der Waals surface area (Å²) in [6, 6.07) is 7.24. The van der Waals surface area contributed by atoms with E-state index in [1.807, 2.05) is 12.1 Å². The molecule has 0 aromatic heterocycles. The van der Waals surface area contributed by atoms with Gasteiger partial charge in [0, 0.05) is 6.92 Å². The molecule has 0 heterocycles. The first-order valence-corrected chi connectivity index (χ1v) is 6.02. The summed E-state index contributed by atoms with van der Waals surface area (Å²) in [5.41, 5.74) is 0.898. The van der Waals surface area contributed by atoms with E-state index < -0.39 is 5.97 Å². The number of hydrogen-bond acceptors (Lipinski definition) is 4. The Balaban J connectivity index is 2.70. The van der Waals surface area contributed by atoms with Crippen molar-refractivity contribution in [3.8, 4) is 5.75 Å². The molecule has 1 atom stereocenters. The fourth-order valence-electron chi connectivity index (χ4n) is 1.82. The highest BCUT2D eigenvalue weighted by molar-refractivity contribution is 5.68. The lowest BCUT2D eigenvalue weighted by Gasteiger charge is -2.15. The maximum atomic E-state index is 10.9. The van der Waals surface area contributed by atoms with E-state index in [0.29, 0.717) is 6.42 Å². The molecule has 1 aromatic carbocycles. The first-order chi connectivity index (χ1) is 9.02. The first-order valence-electron chi connectivity index (χ1n) is 6.02. The number of benzene rings is 1. The number of aliphatic carboxylic acids is 1. The number of hydrogen-bond donors (Lipinski definition) is 1. The second-order valence-electron chi connectivity index (χ2n) is 4.20. The molecule has 0 saturated heterocycles. The van der Waals surface area contributed by atoms with Gasteiger partial charge in [-0.15, -0.1) is 0 Å². The number of carboxylic acid groups (broad SMARTS) is 1. The van der Waals surface area contributed by atoms with E-state index in [9.17, 15) is 9.59 Å². The van der Waals surface area contributed by atoms with Crippen molar-refractivity contribution in [1.82, 2.24) is 0 Å². The van der Waals surface area contributed by atoms with E-state index in [-0.39, 0.29) is 24.9 Å². The lowest BCUT2D eigenvalue weighted by atomic mass is 9.93. The Morgan fingerprint density at radius 2 is 1.89 bits per heavy atom. The van der Waals surface area contributed by atoms with E-state index >= 15 is 0 Å². The summed E-state index contributed by atoms with van der Waals surface area (Å²) >= 11 is 0. The Bertz CT molecular complexity index is 424. The SMILES string of the molecule is COc1ccc([C@H](CCOC(C)=O)CC(=O)O)cc1. The van der Waals surface area contributed by atoms with Crippen LogP contribution < -0.4 is 4.74 Å². The summed E-state index contributed by atoms with van der Waals surface area (Å²) < 4.78 is 9.92. The van der Waals surface area contributed by atoms with Crippen LogP contribution in [0, 0.1) is 0 Å². The Kier molecular flexibility index (Phi) is 5.85. The van der Waals surface area contributed by atoms with Gasteiger partial charge in [0.2, 0.25) is 0 Å². The molecular formula is C14H18O5. The summed E-state index contributed by atoms with van der Waals surface area (Å²) in [5.74, 6) is -0.687. The smallest absolute Gasteiger partial charge is 0.303 e. The lowest BCUT2D eigenvalue weighted by Crippen LogP contribution is -2.11. The number of ether oxygens (including phenoxy) is 2. The zero-order chi connectivity index (χ0) is 14.3. The minimum Gasteiger partial charge on any atom is -0.497 e. The van der Waals surface area contributed by atoms with Crippen molar-refractivity contribution in [2.24, 2.45) is 0 Å². The Labute approximate surface area is 112 Å². The van der Waals surface area contributed by atoms with Crippen LogP contribution in [-0.4, -0.2) is 30.8 Å². The molecule has 1 aromatic rings. The van der Waals surface area contributed by atoms with Gasteiger partial charge < -0.3 is 14.6 Å². The fraction of sp³-hybridized carbons (Fsp3) is 0.429. The summed E-state index contributed by atoms with van der Waals surface area (Å²) in [6.45, 7) is 1.55. The largest absolute Gasteiger partial charge is 0.497 e. The minimum atomic E-state index is -0.872. The van der Waals surface area contributed by atoms with Crippen LogP contribution in [0.3, 0.4) is 0 Å². The van der Waals surface area contributed by atoms with Crippen molar-refractivity contribution in [2.45, 2.75) is 25.7 Å².